The summed E-state index contributed by atoms with van der Waals surface area (Å²) < 4.78 is 12.1. The lowest BCUT2D eigenvalue weighted by atomic mass is 10.1. The third-order valence-electron chi connectivity index (χ3n) is 5.17. The van der Waals surface area contributed by atoms with Crippen molar-refractivity contribution in [3.8, 4) is 22.9 Å². The van der Waals surface area contributed by atoms with Crippen LogP contribution < -0.4 is 20.6 Å². The molecule has 1 heterocycles. The highest BCUT2D eigenvalue weighted by Gasteiger charge is 2.23. The molecule has 0 bridgehead atoms. The molecular weight excluding hydrogens is 390 g/mol. The lowest BCUT2D eigenvalue weighted by Gasteiger charge is -2.19. The van der Waals surface area contributed by atoms with E-state index in [-0.39, 0.29) is 17.2 Å². The van der Waals surface area contributed by atoms with Crippen LogP contribution in [0.4, 0.5) is 0 Å². The minimum absolute atomic E-state index is 0.00785. The van der Waals surface area contributed by atoms with Crippen LogP contribution in [0.25, 0.3) is 11.4 Å². The molecule has 0 radical (unpaired) electrons. The van der Waals surface area contributed by atoms with E-state index >= 15 is 0 Å². The van der Waals surface area contributed by atoms with Crippen molar-refractivity contribution in [3.05, 3.63) is 18.2 Å². The molecule has 1 amide bonds. The van der Waals surface area contributed by atoms with E-state index in [0.29, 0.717) is 28.0 Å². The number of thioether (sulfide) groups is 1. The zero-order valence-electron chi connectivity index (χ0n) is 17.2. The lowest BCUT2D eigenvalue weighted by Crippen LogP contribution is -2.39. The summed E-state index contributed by atoms with van der Waals surface area (Å²) >= 11 is 1.30. The van der Waals surface area contributed by atoms with Crippen molar-refractivity contribution >= 4 is 17.7 Å². The maximum Gasteiger partial charge on any atom is 0.233 e. The number of hydrogen-bond donors (Lipinski definition) is 2. The molecule has 3 rings (SSSR count). The fourth-order valence-corrected chi connectivity index (χ4v) is 4.26. The number of rotatable bonds is 7. The molecule has 1 aromatic heterocycles. The average Bonchev–Trinajstić information content (AvgIpc) is 2.92. The second kappa shape index (κ2) is 9.87. The second-order valence-electron chi connectivity index (χ2n) is 7.20. The van der Waals surface area contributed by atoms with E-state index in [4.69, 9.17) is 15.3 Å². The monoisotopic (exact) mass is 419 g/mol. The minimum Gasteiger partial charge on any atom is -0.497 e. The van der Waals surface area contributed by atoms with Gasteiger partial charge in [0.25, 0.3) is 0 Å². The number of hydrogen-bond acceptors (Lipinski definition) is 7. The molecular formula is C20H29N5O3S. The summed E-state index contributed by atoms with van der Waals surface area (Å²) in [6, 6.07) is 5.66. The van der Waals surface area contributed by atoms with Crippen molar-refractivity contribution in [2.45, 2.75) is 61.9 Å². The first-order valence-corrected chi connectivity index (χ1v) is 10.8. The topological polar surface area (TPSA) is 104 Å². The van der Waals surface area contributed by atoms with Crippen LogP contribution in [0.5, 0.6) is 11.5 Å². The smallest absolute Gasteiger partial charge is 0.233 e. The predicted molar refractivity (Wildman–Crippen MR) is 114 cm³/mol. The zero-order chi connectivity index (χ0) is 20.8. The van der Waals surface area contributed by atoms with Crippen LogP contribution in [0.15, 0.2) is 23.4 Å². The fourth-order valence-electron chi connectivity index (χ4n) is 3.48. The van der Waals surface area contributed by atoms with E-state index in [9.17, 15) is 4.79 Å². The Kier molecular flexibility index (Phi) is 7.24. The van der Waals surface area contributed by atoms with Crippen LogP contribution in [-0.4, -0.2) is 46.3 Å². The summed E-state index contributed by atoms with van der Waals surface area (Å²) in [4.78, 5) is 12.6. The molecule has 1 aliphatic carbocycles. The largest absolute Gasteiger partial charge is 0.497 e. The average molecular weight is 420 g/mol. The molecule has 0 aliphatic heterocycles. The number of aromatic nitrogens is 3. The van der Waals surface area contributed by atoms with Gasteiger partial charge in [-0.2, -0.15) is 0 Å². The van der Waals surface area contributed by atoms with Gasteiger partial charge in [0, 0.05) is 12.1 Å². The third-order valence-corrected chi connectivity index (χ3v) is 6.22. The Balaban J connectivity index is 1.70. The Bertz CT molecular complexity index is 834. The van der Waals surface area contributed by atoms with Crippen LogP contribution in [0.2, 0.25) is 0 Å². The molecule has 1 aromatic carbocycles. The SMILES string of the molecule is COc1ccc(-c2nnc(S[C@H](C)C(=O)NC3CCCCCC3)n2N)c(OC)c1. The number of methoxy groups -OCH3 is 2. The normalized spacial score (nSPS) is 16.1. The maximum atomic E-state index is 12.6. The molecule has 1 aliphatic rings. The molecule has 0 spiro atoms. The van der Waals surface area contributed by atoms with Crippen molar-refractivity contribution in [1.29, 1.82) is 0 Å². The van der Waals surface area contributed by atoms with Crippen LogP contribution in [0.1, 0.15) is 45.4 Å². The summed E-state index contributed by atoms with van der Waals surface area (Å²) in [7, 11) is 3.17. The number of amides is 1. The molecule has 1 saturated carbocycles. The van der Waals surface area contributed by atoms with E-state index in [1.807, 2.05) is 19.1 Å². The predicted octanol–water partition coefficient (Wildman–Crippen LogP) is 3.00. The van der Waals surface area contributed by atoms with Gasteiger partial charge in [0.2, 0.25) is 11.1 Å². The number of nitrogen functional groups attached to an aromatic ring is 1. The minimum atomic E-state index is -0.324. The number of benzene rings is 1. The molecule has 0 unspecified atom stereocenters. The van der Waals surface area contributed by atoms with Gasteiger partial charge in [-0.15, -0.1) is 10.2 Å². The van der Waals surface area contributed by atoms with Crippen molar-refractivity contribution in [2.75, 3.05) is 20.1 Å². The summed E-state index contributed by atoms with van der Waals surface area (Å²) in [6.07, 6.45) is 6.97. The van der Waals surface area contributed by atoms with Gasteiger partial charge >= 0.3 is 0 Å². The molecule has 29 heavy (non-hydrogen) atoms. The highest BCUT2D eigenvalue weighted by molar-refractivity contribution is 8.00. The highest BCUT2D eigenvalue weighted by atomic mass is 32.2. The third kappa shape index (κ3) is 5.14. The number of carbonyl (C=O) groups is 1. The number of nitrogens with zero attached hydrogens (tertiary/aromatic N) is 3. The Hall–Kier alpha value is -2.42. The Morgan fingerprint density at radius 1 is 1.21 bits per heavy atom. The van der Waals surface area contributed by atoms with Crippen molar-refractivity contribution in [2.24, 2.45) is 0 Å². The first-order valence-electron chi connectivity index (χ1n) is 9.93. The van der Waals surface area contributed by atoms with Gasteiger partial charge in [0.15, 0.2) is 5.82 Å². The van der Waals surface area contributed by atoms with Crippen molar-refractivity contribution in [1.82, 2.24) is 20.2 Å². The van der Waals surface area contributed by atoms with Crippen LogP contribution in [0.3, 0.4) is 0 Å². The molecule has 2 aromatic rings. The molecule has 0 saturated heterocycles. The van der Waals surface area contributed by atoms with Gasteiger partial charge < -0.3 is 20.6 Å². The molecule has 1 atom stereocenters. The zero-order valence-corrected chi connectivity index (χ0v) is 18.0. The summed E-state index contributed by atoms with van der Waals surface area (Å²) in [5.74, 6) is 7.96. The van der Waals surface area contributed by atoms with Gasteiger partial charge in [0.05, 0.1) is 25.0 Å². The van der Waals surface area contributed by atoms with Gasteiger partial charge in [-0.3, -0.25) is 4.79 Å². The Morgan fingerprint density at radius 2 is 1.93 bits per heavy atom. The van der Waals surface area contributed by atoms with Crippen molar-refractivity contribution < 1.29 is 14.3 Å². The number of nitrogens with one attached hydrogen (secondary N) is 1. The van der Waals surface area contributed by atoms with E-state index in [0.717, 1.165) is 12.8 Å². The van der Waals surface area contributed by atoms with Crippen LogP contribution in [-0.2, 0) is 4.79 Å². The van der Waals surface area contributed by atoms with Gasteiger partial charge in [-0.1, -0.05) is 37.4 Å². The van der Waals surface area contributed by atoms with Gasteiger partial charge in [-0.25, -0.2) is 4.68 Å². The number of carbonyl (C=O) groups excluding carboxylic acids is 1. The number of ether oxygens (including phenoxy) is 2. The summed E-state index contributed by atoms with van der Waals surface area (Å²) in [5, 5.41) is 11.7. The highest BCUT2D eigenvalue weighted by Crippen LogP contribution is 2.33. The van der Waals surface area contributed by atoms with Gasteiger partial charge in [-0.05, 0) is 31.9 Å². The van der Waals surface area contributed by atoms with E-state index in [1.54, 1.807) is 20.3 Å². The van der Waals surface area contributed by atoms with Crippen LogP contribution in [0, 0.1) is 0 Å². The molecule has 8 nitrogen and oxygen atoms in total. The number of nitrogens with two attached hydrogens (primary N) is 1. The second-order valence-corrected chi connectivity index (χ2v) is 8.51. The van der Waals surface area contributed by atoms with E-state index in [2.05, 4.69) is 15.5 Å². The Labute approximate surface area is 175 Å². The van der Waals surface area contributed by atoms with E-state index in [1.165, 1.54) is 42.1 Å². The summed E-state index contributed by atoms with van der Waals surface area (Å²) in [5.41, 5.74) is 0.700. The quantitative estimate of drug-likeness (QED) is 0.404. The standard InChI is InChI=1S/C20H29N5O3S/c1-13(19(26)22-14-8-6-4-5-7-9-14)29-20-24-23-18(25(20)21)16-11-10-15(27-2)12-17(16)28-3/h10-14H,4-9,21H2,1-3H3,(H,22,26)/t13-/m1/s1. The Morgan fingerprint density at radius 3 is 2.59 bits per heavy atom. The molecule has 3 N–H and O–H groups in total. The van der Waals surface area contributed by atoms with Crippen molar-refractivity contribution in [3.63, 3.8) is 0 Å². The fraction of sp³-hybridized carbons (Fsp3) is 0.550. The van der Waals surface area contributed by atoms with Crippen LogP contribution >= 0.6 is 11.8 Å². The molecule has 1 fully saturated rings. The maximum absolute atomic E-state index is 12.6. The first-order chi connectivity index (χ1) is 14.0. The molecule has 9 heteroatoms. The van der Waals surface area contributed by atoms with Gasteiger partial charge in [0.1, 0.15) is 11.5 Å². The molecule has 158 valence electrons. The lowest BCUT2D eigenvalue weighted by molar-refractivity contribution is -0.121. The van der Waals surface area contributed by atoms with E-state index < -0.39 is 0 Å². The summed E-state index contributed by atoms with van der Waals surface area (Å²) in [6.45, 7) is 1.86. The first kappa shape index (κ1) is 21.3.